The molecule has 0 aliphatic carbocycles. The van der Waals surface area contributed by atoms with E-state index in [1.165, 1.54) is 36.3 Å². The third-order valence-electron chi connectivity index (χ3n) is 2.55. The molecule has 0 unspecified atom stereocenters. The van der Waals surface area contributed by atoms with Gasteiger partial charge in [0.15, 0.2) is 0 Å². The van der Waals surface area contributed by atoms with E-state index < -0.39 is 0 Å². The van der Waals surface area contributed by atoms with Gasteiger partial charge in [-0.15, -0.1) is 0 Å². The van der Waals surface area contributed by atoms with Gasteiger partial charge >= 0.3 is 0 Å². The topological polar surface area (TPSA) is 3.24 Å². The lowest BCUT2D eigenvalue weighted by Gasteiger charge is -2.18. The molecular formula is C10H23NSi. The fourth-order valence-corrected chi connectivity index (χ4v) is 1.37. The largest absolute Gasteiger partial charge is 0.304 e. The average Bonchev–Trinajstić information content (AvgIpc) is 2.05. The Hall–Kier alpha value is -0.0831. The fraction of sp³-hybridized carbons (Fsp3) is 0.800. The summed E-state index contributed by atoms with van der Waals surface area (Å²) in [7, 11) is 1.23. The maximum Gasteiger partial charge on any atom is 0.0328 e. The number of hydrogen-bond acceptors (Lipinski definition) is 1. The Balaban J connectivity index is 3.74. The number of allylic oxidation sites excluding steroid dienone is 1. The van der Waals surface area contributed by atoms with Crippen molar-refractivity contribution in [3.8, 4) is 0 Å². The minimum atomic E-state index is 1.18. The fourth-order valence-electron chi connectivity index (χ4n) is 1.12. The Morgan fingerprint density at radius 2 is 1.67 bits per heavy atom. The minimum Gasteiger partial charge on any atom is -0.304 e. The monoisotopic (exact) mass is 185 g/mol. The number of rotatable bonds is 5. The van der Waals surface area contributed by atoms with Crippen LogP contribution in [0.4, 0.5) is 0 Å². The Labute approximate surface area is 80.3 Å². The molecule has 0 aromatic carbocycles. The normalized spacial score (nSPS) is 13.8. The Bertz CT molecular complexity index is 144. The van der Waals surface area contributed by atoms with Crippen molar-refractivity contribution in [3.63, 3.8) is 0 Å². The molecule has 72 valence electrons. The molecule has 0 saturated heterocycles. The van der Waals surface area contributed by atoms with Gasteiger partial charge in [-0.05, 0) is 33.4 Å². The van der Waals surface area contributed by atoms with Gasteiger partial charge in [-0.2, -0.15) is 0 Å². The van der Waals surface area contributed by atoms with E-state index in [9.17, 15) is 0 Å². The van der Waals surface area contributed by atoms with Crippen molar-refractivity contribution in [1.82, 2.24) is 4.90 Å². The highest BCUT2D eigenvalue weighted by molar-refractivity contribution is 6.21. The van der Waals surface area contributed by atoms with Crippen LogP contribution in [0.25, 0.3) is 0 Å². The zero-order valence-electron chi connectivity index (χ0n) is 9.28. The van der Waals surface area contributed by atoms with Crippen LogP contribution in [0.1, 0.15) is 34.1 Å². The van der Waals surface area contributed by atoms with Gasteiger partial charge in [0.05, 0.1) is 0 Å². The summed E-state index contributed by atoms with van der Waals surface area (Å²) < 4.78 is 0. The molecular weight excluding hydrogens is 162 g/mol. The second-order valence-corrected chi connectivity index (χ2v) is 5.06. The smallest absolute Gasteiger partial charge is 0.0328 e. The molecule has 0 atom stereocenters. The van der Waals surface area contributed by atoms with Crippen LogP contribution in [-0.4, -0.2) is 34.8 Å². The quantitative estimate of drug-likeness (QED) is 0.585. The highest BCUT2D eigenvalue weighted by Gasteiger charge is 1.99. The lowest BCUT2D eigenvalue weighted by atomic mass is 10.2. The van der Waals surface area contributed by atoms with Crippen LogP contribution in [0, 0.1) is 0 Å². The molecule has 0 aliphatic heterocycles. The van der Waals surface area contributed by atoms with Gasteiger partial charge in [0.2, 0.25) is 0 Å². The Morgan fingerprint density at radius 3 is 2.00 bits per heavy atom. The van der Waals surface area contributed by atoms with Crippen molar-refractivity contribution in [2.24, 2.45) is 0 Å². The Morgan fingerprint density at radius 1 is 1.17 bits per heavy atom. The molecule has 0 aromatic rings. The zero-order valence-corrected chi connectivity index (χ0v) is 11.3. The van der Waals surface area contributed by atoms with E-state index in [0.29, 0.717) is 0 Å². The molecule has 0 spiro atoms. The zero-order chi connectivity index (χ0) is 9.56. The summed E-state index contributed by atoms with van der Waals surface area (Å²) in [5.74, 6) is 0. The first-order chi connectivity index (χ1) is 5.61. The number of hydrogen-bond donors (Lipinski definition) is 0. The highest BCUT2D eigenvalue weighted by atomic mass is 28.1. The van der Waals surface area contributed by atoms with Crippen molar-refractivity contribution in [2.45, 2.75) is 34.1 Å². The lowest BCUT2D eigenvalue weighted by molar-refractivity contribution is 0.307. The summed E-state index contributed by atoms with van der Waals surface area (Å²) in [4.78, 5) is 2.48. The van der Waals surface area contributed by atoms with Gasteiger partial charge in [0.1, 0.15) is 0 Å². The van der Waals surface area contributed by atoms with Gasteiger partial charge in [0, 0.05) is 16.8 Å². The summed E-state index contributed by atoms with van der Waals surface area (Å²) in [5, 5.41) is 1.61. The average molecular weight is 185 g/mol. The molecule has 0 heterocycles. The van der Waals surface area contributed by atoms with Crippen LogP contribution < -0.4 is 0 Å². The molecule has 0 aliphatic rings. The highest BCUT2D eigenvalue weighted by Crippen LogP contribution is 2.05. The van der Waals surface area contributed by atoms with Crippen molar-refractivity contribution >= 4 is 10.2 Å². The number of nitrogens with zero attached hydrogens (tertiary/aromatic N) is 1. The predicted octanol–water partition coefficient (Wildman–Crippen LogP) is 1.38. The first-order valence-electron chi connectivity index (χ1n) is 4.97. The standard InChI is InChI=1S/C10H23NSi/c1-5-11(6-2)8-7-9(3)10(4)12/h5-8H2,1-4,12H3. The van der Waals surface area contributed by atoms with E-state index in [2.05, 4.69) is 32.6 Å². The van der Waals surface area contributed by atoms with Gasteiger partial charge in [-0.3, -0.25) is 0 Å². The predicted molar refractivity (Wildman–Crippen MR) is 60.7 cm³/mol. The molecule has 0 fully saturated rings. The minimum absolute atomic E-state index is 1.18. The molecule has 0 radical (unpaired) electrons. The maximum absolute atomic E-state index is 2.48. The van der Waals surface area contributed by atoms with Crippen LogP contribution in [0.2, 0.25) is 0 Å². The van der Waals surface area contributed by atoms with E-state index >= 15 is 0 Å². The van der Waals surface area contributed by atoms with E-state index in [0.717, 1.165) is 0 Å². The first-order valence-corrected chi connectivity index (χ1v) is 5.97. The molecule has 0 rings (SSSR count). The summed E-state index contributed by atoms with van der Waals surface area (Å²) in [5.41, 5.74) is 1.61. The summed E-state index contributed by atoms with van der Waals surface area (Å²) >= 11 is 0. The van der Waals surface area contributed by atoms with Crippen LogP contribution in [0.3, 0.4) is 0 Å². The van der Waals surface area contributed by atoms with E-state index in [1.807, 2.05) is 0 Å². The summed E-state index contributed by atoms with van der Waals surface area (Å²) in [6.45, 7) is 12.6. The van der Waals surface area contributed by atoms with Crippen molar-refractivity contribution < 1.29 is 0 Å². The third kappa shape index (κ3) is 4.73. The van der Waals surface area contributed by atoms with Crippen LogP contribution in [-0.2, 0) is 0 Å². The molecule has 2 heteroatoms. The third-order valence-corrected chi connectivity index (χ3v) is 3.40. The van der Waals surface area contributed by atoms with Gasteiger partial charge < -0.3 is 4.90 Å². The summed E-state index contributed by atoms with van der Waals surface area (Å²) in [6, 6.07) is 0. The van der Waals surface area contributed by atoms with Gasteiger partial charge in [-0.25, -0.2) is 0 Å². The summed E-state index contributed by atoms with van der Waals surface area (Å²) in [6.07, 6.45) is 1.26. The van der Waals surface area contributed by atoms with Crippen molar-refractivity contribution in [3.05, 3.63) is 10.8 Å². The molecule has 12 heavy (non-hydrogen) atoms. The lowest BCUT2D eigenvalue weighted by Crippen LogP contribution is -2.24. The molecule has 0 saturated carbocycles. The molecule has 0 N–H and O–H groups in total. The molecule has 0 bridgehead atoms. The van der Waals surface area contributed by atoms with Crippen LogP contribution >= 0.6 is 0 Å². The van der Waals surface area contributed by atoms with Gasteiger partial charge in [-0.1, -0.05) is 24.6 Å². The molecule has 0 aromatic heterocycles. The van der Waals surface area contributed by atoms with Gasteiger partial charge in [0.25, 0.3) is 0 Å². The van der Waals surface area contributed by atoms with E-state index in [-0.39, 0.29) is 0 Å². The van der Waals surface area contributed by atoms with Crippen molar-refractivity contribution in [2.75, 3.05) is 19.6 Å². The molecule has 1 nitrogen and oxygen atoms in total. The van der Waals surface area contributed by atoms with E-state index in [1.54, 1.807) is 10.8 Å². The maximum atomic E-state index is 2.48. The van der Waals surface area contributed by atoms with Crippen LogP contribution in [0.15, 0.2) is 10.8 Å². The second-order valence-electron chi connectivity index (χ2n) is 3.56. The second kappa shape index (κ2) is 6.43. The Kier molecular flexibility index (Phi) is 6.39. The van der Waals surface area contributed by atoms with Crippen molar-refractivity contribution in [1.29, 1.82) is 0 Å². The SMILES string of the molecule is CCN(CC)CCC(C)=C(C)[SiH3]. The molecule has 0 amide bonds. The van der Waals surface area contributed by atoms with E-state index in [4.69, 9.17) is 0 Å². The van der Waals surface area contributed by atoms with Crippen LogP contribution in [0.5, 0.6) is 0 Å². The first kappa shape index (κ1) is 11.9.